The second-order valence-electron chi connectivity index (χ2n) is 7.37. The number of piperidine rings is 1. The number of likely N-dealkylation sites (tertiary alicyclic amines) is 1. The summed E-state index contributed by atoms with van der Waals surface area (Å²) in [5.41, 5.74) is 4.30. The average Bonchev–Trinajstić information content (AvgIpc) is 3.33. The van der Waals surface area contributed by atoms with E-state index in [9.17, 15) is 4.79 Å². The molecular weight excluding hydrogens is 368 g/mol. The Morgan fingerprint density at radius 2 is 2.00 bits per heavy atom. The lowest BCUT2D eigenvalue weighted by molar-refractivity contribution is 0.0605. The van der Waals surface area contributed by atoms with Gasteiger partial charge in [-0.2, -0.15) is 5.10 Å². The minimum Gasteiger partial charge on any atom is -0.329 e. The molecule has 4 rings (SSSR count). The highest BCUT2D eigenvalue weighted by Crippen LogP contribution is 2.35. The molecule has 0 bridgehead atoms. The van der Waals surface area contributed by atoms with Crippen LogP contribution in [-0.2, 0) is 13.5 Å². The van der Waals surface area contributed by atoms with E-state index in [2.05, 4.69) is 36.3 Å². The lowest BCUT2D eigenvalue weighted by atomic mass is 9.99. The molecule has 0 spiro atoms. The fourth-order valence-electron chi connectivity index (χ4n) is 3.92. The number of aryl methyl sites for hydroxylation is 3. The third kappa shape index (κ3) is 3.49. The molecule has 0 saturated carbocycles. The Morgan fingerprint density at radius 3 is 2.68 bits per heavy atom. The van der Waals surface area contributed by atoms with Crippen molar-refractivity contribution >= 4 is 17.2 Å². The molecule has 3 heterocycles. The summed E-state index contributed by atoms with van der Waals surface area (Å²) in [6, 6.07) is 10.6. The molecular formula is C22H26N4OS. The molecule has 6 heteroatoms. The van der Waals surface area contributed by atoms with E-state index in [-0.39, 0.29) is 11.9 Å². The van der Waals surface area contributed by atoms with Crippen molar-refractivity contribution in [3.63, 3.8) is 0 Å². The molecule has 1 aliphatic heterocycles. The predicted molar refractivity (Wildman–Crippen MR) is 113 cm³/mol. The van der Waals surface area contributed by atoms with Crippen molar-refractivity contribution in [1.82, 2.24) is 19.7 Å². The maximum absolute atomic E-state index is 13.4. The standard InChI is InChI=1S/C22H26N4OS/c1-4-16-8-10-17(11-9-16)21-24-15(2)20(28-21)22(27)26-14-6-5-7-19(26)18-12-13-23-25(18)3/h8-13,19H,4-7,14H2,1-3H3. The summed E-state index contributed by atoms with van der Waals surface area (Å²) < 4.78 is 1.89. The highest BCUT2D eigenvalue weighted by Gasteiger charge is 2.32. The van der Waals surface area contributed by atoms with Gasteiger partial charge >= 0.3 is 0 Å². The molecule has 146 valence electrons. The number of rotatable bonds is 4. The van der Waals surface area contributed by atoms with Crippen molar-refractivity contribution in [1.29, 1.82) is 0 Å². The van der Waals surface area contributed by atoms with Gasteiger partial charge in [-0.1, -0.05) is 31.2 Å². The fraction of sp³-hybridized carbons (Fsp3) is 0.409. The molecule has 1 atom stereocenters. The SMILES string of the molecule is CCc1ccc(-c2nc(C)c(C(=O)N3CCCCC3c3ccnn3C)s2)cc1. The van der Waals surface area contributed by atoms with Gasteiger partial charge in [-0.05, 0) is 44.2 Å². The summed E-state index contributed by atoms with van der Waals surface area (Å²) in [5.74, 6) is 0.0947. The van der Waals surface area contributed by atoms with Crippen LogP contribution < -0.4 is 0 Å². The van der Waals surface area contributed by atoms with Gasteiger partial charge in [0.25, 0.3) is 5.91 Å². The van der Waals surface area contributed by atoms with Crippen LogP contribution in [0.3, 0.4) is 0 Å². The normalized spacial score (nSPS) is 17.1. The van der Waals surface area contributed by atoms with Crippen LogP contribution in [0.2, 0.25) is 0 Å². The minimum absolute atomic E-state index is 0.0857. The fourth-order valence-corrected chi connectivity index (χ4v) is 4.95. The number of amides is 1. The smallest absolute Gasteiger partial charge is 0.266 e. The molecule has 1 unspecified atom stereocenters. The number of hydrogen-bond donors (Lipinski definition) is 0. The Hall–Kier alpha value is -2.47. The van der Waals surface area contributed by atoms with Crippen LogP contribution in [0.1, 0.15) is 58.9 Å². The number of aromatic nitrogens is 3. The summed E-state index contributed by atoms with van der Waals surface area (Å²) in [5, 5.41) is 5.22. The summed E-state index contributed by atoms with van der Waals surface area (Å²) in [6.07, 6.45) is 5.99. The van der Waals surface area contributed by atoms with Gasteiger partial charge in [-0.15, -0.1) is 11.3 Å². The summed E-state index contributed by atoms with van der Waals surface area (Å²) in [4.78, 5) is 20.9. The van der Waals surface area contributed by atoms with E-state index >= 15 is 0 Å². The molecule has 1 aromatic carbocycles. The van der Waals surface area contributed by atoms with Gasteiger partial charge < -0.3 is 4.90 Å². The zero-order valence-electron chi connectivity index (χ0n) is 16.7. The van der Waals surface area contributed by atoms with Crippen LogP contribution in [-0.4, -0.2) is 32.1 Å². The van der Waals surface area contributed by atoms with Crippen molar-refractivity contribution in [2.24, 2.45) is 7.05 Å². The Bertz CT molecular complexity index is 973. The Morgan fingerprint density at radius 1 is 1.21 bits per heavy atom. The highest BCUT2D eigenvalue weighted by atomic mass is 32.1. The van der Waals surface area contributed by atoms with E-state index in [0.717, 1.165) is 59.1 Å². The molecule has 2 aromatic heterocycles. The van der Waals surface area contributed by atoms with Crippen LogP contribution in [0, 0.1) is 6.92 Å². The molecule has 1 saturated heterocycles. The van der Waals surface area contributed by atoms with Gasteiger partial charge in [-0.25, -0.2) is 4.98 Å². The third-order valence-electron chi connectivity index (χ3n) is 5.56. The van der Waals surface area contributed by atoms with Crippen molar-refractivity contribution in [3.05, 3.63) is 58.4 Å². The number of thiazole rings is 1. The molecule has 3 aromatic rings. The molecule has 28 heavy (non-hydrogen) atoms. The summed E-state index contributed by atoms with van der Waals surface area (Å²) >= 11 is 1.51. The lowest BCUT2D eigenvalue weighted by Gasteiger charge is -2.35. The first-order valence-corrected chi connectivity index (χ1v) is 10.8. The first kappa shape index (κ1) is 18.9. The van der Waals surface area contributed by atoms with Gasteiger partial charge in [0.15, 0.2) is 0 Å². The predicted octanol–water partition coefficient (Wildman–Crippen LogP) is 4.78. The Labute approximate surface area is 170 Å². The number of carbonyl (C=O) groups excluding carboxylic acids is 1. The zero-order valence-corrected chi connectivity index (χ0v) is 17.5. The van der Waals surface area contributed by atoms with E-state index in [1.807, 2.05) is 35.8 Å². The zero-order chi connectivity index (χ0) is 19.7. The Balaban J connectivity index is 1.63. The molecule has 5 nitrogen and oxygen atoms in total. The first-order chi connectivity index (χ1) is 13.6. The van der Waals surface area contributed by atoms with E-state index in [4.69, 9.17) is 4.98 Å². The molecule has 1 aliphatic rings. The monoisotopic (exact) mass is 394 g/mol. The van der Waals surface area contributed by atoms with Crippen molar-refractivity contribution in [2.75, 3.05) is 6.54 Å². The van der Waals surface area contributed by atoms with Gasteiger partial charge in [0.2, 0.25) is 0 Å². The van der Waals surface area contributed by atoms with Gasteiger partial charge in [-0.3, -0.25) is 9.48 Å². The van der Waals surface area contributed by atoms with Crippen LogP contribution >= 0.6 is 11.3 Å². The van der Waals surface area contributed by atoms with E-state index < -0.39 is 0 Å². The number of hydrogen-bond acceptors (Lipinski definition) is 4. The second kappa shape index (κ2) is 7.87. The van der Waals surface area contributed by atoms with Gasteiger partial charge in [0, 0.05) is 25.4 Å². The highest BCUT2D eigenvalue weighted by molar-refractivity contribution is 7.17. The van der Waals surface area contributed by atoms with Crippen molar-refractivity contribution in [2.45, 2.75) is 45.6 Å². The van der Waals surface area contributed by atoms with E-state index in [1.54, 1.807) is 0 Å². The number of nitrogens with zero attached hydrogens (tertiary/aromatic N) is 4. The second-order valence-corrected chi connectivity index (χ2v) is 8.37. The molecule has 0 radical (unpaired) electrons. The third-order valence-corrected chi connectivity index (χ3v) is 6.76. The van der Waals surface area contributed by atoms with Gasteiger partial charge in [0.05, 0.1) is 17.4 Å². The summed E-state index contributed by atoms with van der Waals surface area (Å²) in [7, 11) is 1.95. The van der Waals surface area contributed by atoms with Gasteiger partial charge in [0.1, 0.15) is 9.88 Å². The molecule has 1 fully saturated rings. The molecule has 1 amide bonds. The number of benzene rings is 1. The quantitative estimate of drug-likeness (QED) is 0.640. The van der Waals surface area contributed by atoms with Crippen molar-refractivity contribution in [3.8, 4) is 10.6 Å². The lowest BCUT2D eigenvalue weighted by Crippen LogP contribution is -2.39. The van der Waals surface area contributed by atoms with Crippen LogP contribution in [0.15, 0.2) is 36.5 Å². The topological polar surface area (TPSA) is 51.0 Å². The van der Waals surface area contributed by atoms with E-state index in [1.165, 1.54) is 16.9 Å². The summed E-state index contributed by atoms with van der Waals surface area (Å²) in [6.45, 7) is 4.87. The first-order valence-electron chi connectivity index (χ1n) is 9.94. The van der Waals surface area contributed by atoms with Crippen molar-refractivity contribution < 1.29 is 4.79 Å². The number of carbonyl (C=O) groups is 1. The largest absolute Gasteiger partial charge is 0.329 e. The molecule has 0 aliphatic carbocycles. The average molecular weight is 395 g/mol. The maximum atomic E-state index is 13.4. The van der Waals surface area contributed by atoms with E-state index in [0.29, 0.717) is 0 Å². The Kier molecular flexibility index (Phi) is 5.31. The van der Waals surface area contributed by atoms with Crippen LogP contribution in [0.5, 0.6) is 0 Å². The maximum Gasteiger partial charge on any atom is 0.266 e. The molecule has 0 N–H and O–H groups in total. The minimum atomic E-state index is 0.0857. The van der Waals surface area contributed by atoms with Crippen LogP contribution in [0.25, 0.3) is 10.6 Å². The van der Waals surface area contributed by atoms with Crippen LogP contribution in [0.4, 0.5) is 0 Å².